The van der Waals surface area contributed by atoms with Crippen molar-refractivity contribution in [3.05, 3.63) is 53.6 Å². The van der Waals surface area contributed by atoms with Gasteiger partial charge >= 0.3 is 0 Å². The number of thioether (sulfide) groups is 1. The third-order valence-electron chi connectivity index (χ3n) is 12.4. The lowest BCUT2D eigenvalue weighted by molar-refractivity contribution is 0.104. The molecule has 0 aromatic heterocycles. The van der Waals surface area contributed by atoms with Gasteiger partial charge in [0.15, 0.2) is 17.3 Å². The molecule has 2 rings (SSSR count). The van der Waals surface area contributed by atoms with Gasteiger partial charge in [-0.25, -0.2) is 0 Å². The third kappa shape index (κ3) is 31.2. The topological polar surface area (TPSA) is 44.8 Å². The predicted octanol–water partition coefficient (Wildman–Crippen LogP) is 19.5. The predicted molar refractivity (Wildman–Crippen MR) is 278 cm³/mol. The minimum absolute atomic E-state index is 0.00447. The average molecular weight is 891 g/mol. The molecule has 0 radical (unpaired) electrons. The summed E-state index contributed by atoms with van der Waals surface area (Å²) in [7, 11) is 0. The molecule has 63 heavy (non-hydrogen) atoms. The lowest BCUT2D eigenvalue weighted by atomic mass is 10.0. The SMILES string of the molecule is CCCCCCCCCCCCCCCCCCCCCCSc1ccc(C(=O)C=Cc2cc(OCCCCCCC)c(OCCCCCCC)c(OCCCCCCC)c2)cc1. The van der Waals surface area contributed by atoms with E-state index in [1.165, 1.54) is 191 Å². The quantitative estimate of drug-likeness (QED) is 0.0287. The van der Waals surface area contributed by atoms with Gasteiger partial charge < -0.3 is 14.2 Å². The molecule has 0 N–H and O–H groups in total. The standard InChI is InChI=1S/C58H98O4S/c1-5-9-13-17-18-19-20-21-22-23-24-25-26-27-28-29-30-31-35-39-49-63-54-43-41-53(42-44-54)55(59)45-40-52-50-56(60-46-36-32-14-10-6-2)58(62-48-38-34-16-12-8-4)57(51-52)61-47-37-33-15-11-7-3/h40-45,50-51H,5-39,46-49H2,1-4H3. The van der Waals surface area contributed by atoms with Gasteiger partial charge in [0, 0.05) is 10.5 Å². The number of unbranched alkanes of at least 4 members (excludes halogenated alkanes) is 31. The van der Waals surface area contributed by atoms with Crippen molar-refractivity contribution in [3.8, 4) is 17.2 Å². The molecule has 0 heterocycles. The van der Waals surface area contributed by atoms with Crippen LogP contribution in [0.25, 0.3) is 6.08 Å². The van der Waals surface area contributed by atoms with Crippen LogP contribution in [0.1, 0.15) is 268 Å². The van der Waals surface area contributed by atoms with Crippen molar-refractivity contribution in [3.63, 3.8) is 0 Å². The number of carbonyl (C=O) groups is 1. The third-order valence-corrected chi connectivity index (χ3v) is 13.5. The molecule has 2 aromatic carbocycles. The largest absolute Gasteiger partial charge is 0.490 e. The van der Waals surface area contributed by atoms with E-state index in [-0.39, 0.29) is 5.78 Å². The van der Waals surface area contributed by atoms with Crippen LogP contribution in [0.2, 0.25) is 0 Å². The van der Waals surface area contributed by atoms with Gasteiger partial charge in [0.25, 0.3) is 0 Å². The molecule has 0 bridgehead atoms. The first kappa shape index (κ1) is 56.7. The molecule has 2 aromatic rings. The van der Waals surface area contributed by atoms with Gasteiger partial charge in [-0.05, 0) is 79.5 Å². The fourth-order valence-corrected chi connectivity index (χ4v) is 9.15. The second-order valence-corrected chi connectivity index (χ2v) is 19.6. The monoisotopic (exact) mass is 891 g/mol. The van der Waals surface area contributed by atoms with Crippen LogP contribution in [-0.2, 0) is 0 Å². The highest BCUT2D eigenvalue weighted by Crippen LogP contribution is 2.40. The number of benzene rings is 2. The number of ketones is 1. The highest BCUT2D eigenvalue weighted by molar-refractivity contribution is 7.99. The molecule has 0 unspecified atom stereocenters. The molecule has 0 saturated heterocycles. The van der Waals surface area contributed by atoms with Gasteiger partial charge in [-0.15, -0.1) is 11.8 Å². The Morgan fingerprint density at radius 3 is 1.14 bits per heavy atom. The van der Waals surface area contributed by atoms with Crippen molar-refractivity contribution in [1.82, 2.24) is 0 Å². The van der Waals surface area contributed by atoms with Gasteiger partial charge in [0.1, 0.15) is 0 Å². The van der Waals surface area contributed by atoms with E-state index >= 15 is 0 Å². The van der Waals surface area contributed by atoms with Crippen molar-refractivity contribution in [2.75, 3.05) is 25.6 Å². The summed E-state index contributed by atoms with van der Waals surface area (Å²) in [6.07, 6.45) is 49.6. The minimum atomic E-state index is 0.00447. The molecule has 0 aliphatic rings. The van der Waals surface area contributed by atoms with E-state index in [1.54, 1.807) is 6.08 Å². The summed E-state index contributed by atoms with van der Waals surface area (Å²) in [5.74, 6) is 3.29. The summed E-state index contributed by atoms with van der Waals surface area (Å²) < 4.78 is 19.3. The first-order valence-corrected chi connectivity index (χ1v) is 28.1. The Bertz CT molecular complexity index is 1320. The summed E-state index contributed by atoms with van der Waals surface area (Å²) in [6, 6.07) is 12.2. The van der Waals surface area contributed by atoms with Gasteiger partial charge in [0.05, 0.1) is 19.8 Å². The minimum Gasteiger partial charge on any atom is -0.490 e. The highest BCUT2D eigenvalue weighted by Gasteiger charge is 2.16. The van der Waals surface area contributed by atoms with Crippen LogP contribution in [0, 0.1) is 0 Å². The van der Waals surface area contributed by atoms with E-state index in [1.807, 2.05) is 42.1 Å². The van der Waals surface area contributed by atoms with Crippen LogP contribution < -0.4 is 14.2 Å². The van der Waals surface area contributed by atoms with E-state index in [0.29, 0.717) is 31.1 Å². The van der Waals surface area contributed by atoms with Crippen molar-refractivity contribution in [2.45, 2.75) is 257 Å². The molecule has 0 amide bonds. The van der Waals surface area contributed by atoms with E-state index < -0.39 is 0 Å². The fraction of sp³-hybridized carbons (Fsp3) is 0.741. The molecule has 0 spiro atoms. The van der Waals surface area contributed by atoms with E-state index in [4.69, 9.17) is 14.2 Å². The van der Waals surface area contributed by atoms with Crippen LogP contribution in [-0.4, -0.2) is 31.4 Å². The van der Waals surface area contributed by atoms with Crippen LogP contribution in [0.15, 0.2) is 47.4 Å². The Hall–Kier alpha value is -2.40. The smallest absolute Gasteiger partial charge is 0.203 e. The maximum Gasteiger partial charge on any atom is 0.203 e. The Kier molecular flexibility index (Phi) is 38.0. The Morgan fingerprint density at radius 1 is 0.429 bits per heavy atom. The molecule has 5 heteroatoms. The molecule has 0 aliphatic heterocycles. The van der Waals surface area contributed by atoms with Gasteiger partial charge in [-0.2, -0.15) is 0 Å². The zero-order valence-electron chi connectivity index (χ0n) is 41.7. The zero-order chi connectivity index (χ0) is 45.1. The Balaban J connectivity index is 1.78. The summed E-state index contributed by atoms with van der Waals surface area (Å²) in [4.78, 5) is 14.6. The summed E-state index contributed by atoms with van der Waals surface area (Å²) in [5.41, 5.74) is 1.60. The molecule has 4 nitrogen and oxygen atoms in total. The molecular formula is C58H98O4S. The number of allylic oxidation sites excluding steroid dienone is 1. The van der Waals surface area contributed by atoms with Crippen molar-refractivity contribution < 1.29 is 19.0 Å². The molecule has 360 valence electrons. The van der Waals surface area contributed by atoms with E-state index in [2.05, 4.69) is 39.8 Å². The molecule has 0 saturated carbocycles. The maximum atomic E-state index is 13.4. The van der Waals surface area contributed by atoms with Crippen LogP contribution in [0.3, 0.4) is 0 Å². The molecule has 0 fully saturated rings. The number of ether oxygens (including phenoxy) is 3. The summed E-state index contributed by atoms with van der Waals surface area (Å²) in [5, 5.41) is 0. The fourth-order valence-electron chi connectivity index (χ4n) is 8.24. The first-order valence-electron chi connectivity index (χ1n) is 27.1. The number of hydrogen-bond donors (Lipinski definition) is 0. The molecular weight excluding hydrogens is 793 g/mol. The van der Waals surface area contributed by atoms with Gasteiger partial charge in [0.2, 0.25) is 5.75 Å². The maximum absolute atomic E-state index is 13.4. The second-order valence-electron chi connectivity index (χ2n) is 18.4. The second kappa shape index (κ2) is 42.2. The van der Waals surface area contributed by atoms with Crippen molar-refractivity contribution in [2.24, 2.45) is 0 Å². The van der Waals surface area contributed by atoms with Crippen LogP contribution in [0.4, 0.5) is 0 Å². The number of hydrogen-bond acceptors (Lipinski definition) is 5. The summed E-state index contributed by atoms with van der Waals surface area (Å²) in [6.45, 7) is 11.0. The number of rotatable bonds is 46. The Morgan fingerprint density at radius 2 is 0.762 bits per heavy atom. The van der Waals surface area contributed by atoms with Crippen molar-refractivity contribution in [1.29, 1.82) is 0 Å². The zero-order valence-corrected chi connectivity index (χ0v) is 42.6. The normalized spacial score (nSPS) is 11.5. The van der Waals surface area contributed by atoms with Crippen molar-refractivity contribution >= 4 is 23.6 Å². The van der Waals surface area contributed by atoms with Gasteiger partial charge in [-0.1, -0.05) is 233 Å². The van der Waals surface area contributed by atoms with Crippen LogP contribution in [0.5, 0.6) is 17.2 Å². The lowest BCUT2D eigenvalue weighted by Gasteiger charge is -2.18. The molecule has 0 aliphatic carbocycles. The summed E-state index contributed by atoms with van der Waals surface area (Å²) >= 11 is 1.91. The van der Waals surface area contributed by atoms with E-state index in [0.717, 1.165) is 61.3 Å². The Labute approximate surface area is 394 Å². The van der Waals surface area contributed by atoms with E-state index in [9.17, 15) is 4.79 Å². The first-order chi connectivity index (χ1) is 31.1. The number of carbonyl (C=O) groups excluding carboxylic acids is 1. The van der Waals surface area contributed by atoms with Crippen LogP contribution >= 0.6 is 11.8 Å². The average Bonchev–Trinajstić information content (AvgIpc) is 3.30. The highest BCUT2D eigenvalue weighted by atomic mass is 32.2. The lowest BCUT2D eigenvalue weighted by Crippen LogP contribution is -2.07. The molecule has 0 atom stereocenters. The van der Waals surface area contributed by atoms with Gasteiger partial charge in [-0.3, -0.25) is 4.79 Å².